The fraction of sp³-hybridized carbons (Fsp3) is 0.655. The van der Waals surface area contributed by atoms with Crippen molar-refractivity contribution < 1.29 is 28.6 Å². The molecule has 0 fully saturated rings. The summed E-state index contributed by atoms with van der Waals surface area (Å²) in [6.45, 7) is 6.36. The van der Waals surface area contributed by atoms with Crippen molar-refractivity contribution in [2.24, 2.45) is 0 Å². The first-order chi connectivity index (χ1) is 30.0. The number of rotatable bonds is 43. The lowest BCUT2D eigenvalue weighted by Crippen LogP contribution is -2.30. The van der Waals surface area contributed by atoms with Crippen molar-refractivity contribution in [3.8, 4) is 0 Å². The summed E-state index contributed by atoms with van der Waals surface area (Å²) in [5.74, 6) is -1.03. The van der Waals surface area contributed by atoms with Gasteiger partial charge in [-0.1, -0.05) is 189 Å². The Morgan fingerprint density at radius 3 is 1.13 bits per heavy atom. The Morgan fingerprint density at radius 2 is 0.689 bits per heavy atom. The van der Waals surface area contributed by atoms with Gasteiger partial charge in [0.1, 0.15) is 13.2 Å². The number of hydrogen-bond donors (Lipinski definition) is 0. The lowest BCUT2D eigenvalue weighted by Gasteiger charge is -2.18. The minimum atomic E-state index is -0.824. The molecule has 0 saturated carbocycles. The van der Waals surface area contributed by atoms with Crippen molar-refractivity contribution in [3.63, 3.8) is 0 Å². The molecule has 6 nitrogen and oxygen atoms in total. The van der Waals surface area contributed by atoms with Crippen LogP contribution in [0.25, 0.3) is 0 Å². The van der Waals surface area contributed by atoms with Crippen LogP contribution in [-0.4, -0.2) is 37.2 Å². The highest BCUT2D eigenvalue weighted by Gasteiger charge is 2.19. The molecule has 0 N–H and O–H groups in total. The standard InChI is InChI=1S/C55H90O6/c1-4-7-10-13-16-19-22-24-26-28-30-31-33-36-39-42-45-48-54(57)60-51-52(50-59-53(56)47-44-41-38-35-21-18-15-12-9-6-3)61-55(58)49-46-43-40-37-34-32-29-27-25-23-20-17-14-11-8-5-2/h8,11,15-20,24-27,32,34,40,43,52H,4-7,9-10,12-14,21-23,28-31,33,35-39,41-42,44-51H2,1-3H3/b11-8-,18-15-,19-16-,20-17-,26-24-,27-25-,34-32-,43-40-. The quantitative estimate of drug-likeness (QED) is 0.0263. The second-order valence-electron chi connectivity index (χ2n) is 16.0. The van der Waals surface area contributed by atoms with Crippen molar-refractivity contribution in [2.75, 3.05) is 13.2 Å². The molecular formula is C55H90O6. The van der Waals surface area contributed by atoms with Crippen LogP contribution in [0.1, 0.15) is 213 Å². The summed E-state index contributed by atoms with van der Waals surface area (Å²) in [5, 5.41) is 0. The normalized spacial score (nSPS) is 12.9. The highest BCUT2D eigenvalue weighted by molar-refractivity contribution is 5.71. The smallest absolute Gasteiger partial charge is 0.306 e. The van der Waals surface area contributed by atoms with Gasteiger partial charge in [-0.25, -0.2) is 0 Å². The monoisotopic (exact) mass is 847 g/mol. The van der Waals surface area contributed by atoms with Gasteiger partial charge in [0.25, 0.3) is 0 Å². The van der Waals surface area contributed by atoms with Crippen LogP contribution < -0.4 is 0 Å². The van der Waals surface area contributed by atoms with Crippen molar-refractivity contribution in [2.45, 2.75) is 219 Å². The van der Waals surface area contributed by atoms with Crippen molar-refractivity contribution in [1.82, 2.24) is 0 Å². The average Bonchev–Trinajstić information content (AvgIpc) is 3.26. The maximum Gasteiger partial charge on any atom is 0.306 e. The summed E-state index contributed by atoms with van der Waals surface area (Å²) in [7, 11) is 0. The summed E-state index contributed by atoms with van der Waals surface area (Å²) in [4.78, 5) is 37.8. The van der Waals surface area contributed by atoms with Gasteiger partial charge in [-0.15, -0.1) is 0 Å². The molecule has 61 heavy (non-hydrogen) atoms. The summed E-state index contributed by atoms with van der Waals surface area (Å²) in [5.41, 5.74) is 0. The van der Waals surface area contributed by atoms with Crippen LogP contribution >= 0.6 is 0 Å². The van der Waals surface area contributed by atoms with Gasteiger partial charge in [-0.3, -0.25) is 14.4 Å². The first kappa shape index (κ1) is 57.3. The molecule has 346 valence electrons. The lowest BCUT2D eigenvalue weighted by atomic mass is 10.1. The molecule has 0 aliphatic rings. The summed E-state index contributed by atoms with van der Waals surface area (Å²) < 4.78 is 16.7. The predicted octanol–water partition coefficient (Wildman–Crippen LogP) is 16.2. The first-order valence-corrected chi connectivity index (χ1v) is 24.7. The number of hydrogen-bond acceptors (Lipinski definition) is 6. The van der Waals surface area contributed by atoms with Crippen LogP contribution in [0.15, 0.2) is 97.2 Å². The number of carbonyl (C=O) groups excluding carboxylic acids is 3. The molecule has 0 aromatic heterocycles. The Bertz CT molecular complexity index is 1250. The Hall–Kier alpha value is -3.67. The predicted molar refractivity (Wildman–Crippen MR) is 260 cm³/mol. The Labute approximate surface area is 375 Å². The molecule has 0 rings (SSSR count). The third kappa shape index (κ3) is 47.2. The molecular weight excluding hydrogens is 757 g/mol. The van der Waals surface area contributed by atoms with E-state index in [0.29, 0.717) is 19.3 Å². The van der Waals surface area contributed by atoms with E-state index in [2.05, 4.69) is 106 Å². The van der Waals surface area contributed by atoms with Gasteiger partial charge in [0.15, 0.2) is 6.10 Å². The molecule has 6 heteroatoms. The number of allylic oxidation sites excluding steroid dienone is 16. The first-order valence-electron chi connectivity index (χ1n) is 24.7. The maximum absolute atomic E-state index is 12.7. The summed E-state index contributed by atoms with van der Waals surface area (Å²) in [6.07, 6.45) is 64.0. The molecule has 0 saturated heterocycles. The van der Waals surface area contributed by atoms with Gasteiger partial charge in [0.05, 0.1) is 0 Å². The average molecular weight is 847 g/mol. The molecule has 0 bridgehead atoms. The number of esters is 3. The van der Waals surface area contributed by atoms with E-state index in [-0.39, 0.29) is 31.6 Å². The van der Waals surface area contributed by atoms with Crippen LogP contribution in [0.3, 0.4) is 0 Å². The minimum absolute atomic E-state index is 0.116. The number of carbonyl (C=O) groups is 3. The fourth-order valence-electron chi connectivity index (χ4n) is 6.32. The molecule has 0 amide bonds. The van der Waals surface area contributed by atoms with E-state index in [0.717, 1.165) is 103 Å². The van der Waals surface area contributed by atoms with Gasteiger partial charge in [-0.05, 0) is 103 Å². The van der Waals surface area contributed by atoms with Crippen LogP contribution in [0, 0.1) is 0 Å². The number of unbranched alkanes of at least 4 members (excludes halogenated alkanes) is 16. The second-order valence-corrected chi connectivity index (χ2v) is 16.0. The molecule has 1 atom stereocenters. The number of ether oxygens (including phenoxy) is 3. The second kappa shape index (κ2) is 49.0. The van der Waals surface area contributed by atoms with Crippen molar-refractivity contribution in [3.05, 3.63) is 97.2 Å². The van der Waals surface area contributed by atoms with Gasteiger partial charge in [0.2, 0.25) is 0 Å². The highest BCUT2D eigenvalue weighted by Crippen LogP contribution is 2.12. The van der Waals surface area contributed by atoms with E-state index in [1.165, 1.54) is 64.2 Å². The van der Waals surface area contributed by atoms with Crippen LogP contribution in [0.5, 0.6) is 0 Å². The van der Waals surface area contributed by atoms with Crippen molar-refractivity contribution >= 4 is 17.9 Å². The Morgan fingerprint density at radius 1 is 0.344 bits per heavy atom. The van der Waals surface area contributed by atoms with Crippen LogP contribution in [0.4, 0.5) is 0 Å². The third-order valence-corrected chi connectivity index (χ3v) is 10.1. The topological polar surface area (TPSA) is 78.9 Å². The highest BCUT2D eigenvalue weighted by atomic mass is 16.6. The fourth-order valence-corrected chi connectivity index (χ4v) is 6.32. The molecule has 0 heterocycles. The summed E-state index contributed by atoms with van der Waals surface area (Å²) >= 11 is 0. The van der Waals surface area contributed by atoms with Crippen LogP contribution in [-0.2, 0) is 28.6 Å². The molecule has 0 aromatic carbocycles. The van der Waals surface area contributed by atoms with E-state index >= 15 is 0 Å². The largest absolute Gasteiger partial charge is 0.462 e. The molecule has 0 aliphatic carbocycles. The molecule has 0 spiro atoms. The van der Waals surface area contributed by atoms with Crippen LogP contribution in [0.2, 0.25) is 0 Å². The van der Waals surface area contributed by atoms with E-state index in [9.17, 15) is 14.4 Å². The van der Waals surface area contributed by atoms with Crippen molar-refractivity contribution in [1.29, 1.82) is 0 Å². The zero-order valence-corrected chi connectivity index (χ0v) is 39.4. The van der Waals surface area contributed by atoms with E-state index < -0.39 is 12.1 Å². The zero-order valence-electron chi connectivity index (χ0n) is 39.4. The van der Waals surface area contributed by atoms with E-state index in [1.54, 1.807) is 0 Å². The Balaban J connectivity index is 4.50. The summed E-state index contributed by atoms with van der Waals surface area (Å²) in [6, 6.07) is 0. The third-order valence-electron chi connectivity index (χ3n) is 10.1. The van der Waals surface area contributed by atoms with Gasteiger partial charge < -0.3 is 14.2 Å². The van der Waals surface area contributed by atoms with Gasteiger partial charge in [-0.2, -0.15) is 0 Å². The van der Waals surface area contributed by atoms with E-state index in [4.69, 9.17) is 14.2 Å². The Kier molecular flexibility index (Phi) is 46.0. The van der Waals surface area contributed by atoms with Gasteiger partial charge in [0, 0.05) is 19.3 Å². The molecule has 0 radical (unpaired) electrons. The van der Waals surface area contributed by atoms with Gasteiger partial charge >= 0.3 is 17.9 Å². The zero-order chi connectivity index (χ0) is 44.4. The minimum Gasteiger partial charge on any atom is -0.462 e. The van der Waals surface area contributed by atoms with E-state index in [1.807, 2.05) is 12.2 Å². The molecule has 0 aromatic rings. The lowest BCUT2D eigenvalue weighted by molar-refractivity contribution is -0.166. The molecule has 1 unspecified atom stereocenters. The molecule has 0 aliphatic heterocycles. The maximum atomic E-state index is 12.7. The SMILES string of the molecule is CC/C=C\C/C=C\C/C=C\C/C=C\C/C=C\CCC(=O)OC(COC(=O)CCCCCC/C=C\CCCC)COC(=O)CCCCCCCCC/C=C\C/C=C\CCCCC.